The number of hydrogen-bond acceptors (Lipinski definition) is 4. The zero-order chi connectivity index (χ0) is 22.9. The number of phenolic OH excluding ortho intramolecular Hbond substituents is 1. The molecule has 0 aliphatic carbocycles. The first-order valence-corrected chi connectivity index (χ1v) is 12.1. The van der Waals surface area contributed by atoms with Gasteiger partial charge >= 0.3 is 0 Å². The number of aromatic hydroxyl groups is 1. The Morgan fingerprint density at radius 1 is 0.853 bits per heavy atom. The number of pyridine rings is 1. The normalized spacial score (nSPS) is 18.1. The van der Waals surface area contributed by atoms with Crippen molar-refractivity contribution >= 4 is 0 Å². The summed E-state index contributed by atoms with van der Waals surface area (Å²) in [5, 5.41) is 10.6. The van der Waals surface area contributed by atoms with Gasteiger partial charge in [0.25, 0.3) is 0 Å². The van der Waals surface area contributed by atoms with Gasteiger partial charge in [0.2, 0.25) is 0 Å². The van der Waals surface area contributed by atoms with E-state index in [0.717, 1.165) is 54.9 Å². The molecule has 1 aromatic heterocycles. The van der Waals surface area contributed by atoms with Crippen LogP contribution in [0.1, 0.15) is 35.4 Å². The third kappa shape index (κ3) is 3.95. The highest BCUT2D eigenvalue weighted by atomic mass is 16.5. The first-order valence-electron chi connectivity index (χ1n) is 12.1. The van der Waals surface area contributed by atoms with Crippen LogP contribution in [0.5, 0.6) is 17.2 Å². The van der Waals surface area contributed by atoms with Crippen molar-refractivity contribution in [3.05, 3.63) is 108 Å². The number of ether oxygens (including phenoxy) is 1. The van der Waals surface area contributed by atoms with Crippen molar-refractivity contribution in [3.8, 4) is 28.4 Å². The third-order valence-corrected chi connectivity index (χ3v) is 7.27. The summed E-state index contributed by atoms with van der Waals surface area (Å²) in [4.78, 5) is 6.82. The van der Waals surface area contributed by atoms with E-state index in [2.05, 4.69) is 70.5 Å². The number of fused-ring (bicyclic) bond motifs is 2. The highest BCUT2D eigenvalue weighted by molar-refractivity contribution is 5.68. The van der Waals surface area contributed by atoms with Gasteiger partial charge in [-0.05, 0) is 61.2 Å². The molecule has 0 spiro atoms. The monoisotopic (exact) mass is 448 g/mol. The molecule has 4 aromatic rings. The minimum Gasteiger partial charge on any atom is -0.504 e. The summed E-state index contributed by atoms with van der Waals surface area (Å²) in [5.41, 5.74) is 5.82. The average Bonchev–Trinajstić information content (AvgIpc) is 2.89. The van der Waals surface area contributed by atoms with Gasteiger partial charge < -0.3 is 9.84 Å². The van der Waals surface area contributed by atoms with Gasteiger partial charge in [-0.25, -0.2) is 0 Å². The molecule has 170 valence electrons. The maximum atomic E-state index is 10.6. The summed E-state index contributed by atoms with van der Waals surface area (Å²) in [6.45, 7) is 3.16. The van der Waals surface area contributed by atoms with Crippen molar-refractivity contribution in [2.75, 3.05) is 13.1 Å². The fourth-order valence-corrected chi connectivity index (χ4v) is 5.56. The summed E-state index contributed by atoms with van der Waals surface area (Å²) in [7, 11) is 0. The zero-order valence-corrected chi connectivity index (χ0v) is 19.1. The molecule has 2 aliphatic heterocycles. The van der Waals surface area contributed by atoms with Crippen LogP contribution in [0.4, 0.5) is 0 Å². The van der Waals surface area contributed by atoms with Crippen molar-refractivity contribution in [3.63, 3.8) is 0 Å². The number of piperidine rings is 1. The summed E-state index contributed by atoms with van der Waals surface area (Å²) >= 11 is 0. The van der Waals surface area contributed by atoms with E-state index in [1.54, 1.807) is 12.3 Å². The van der Waals surface area contributed by atoms with Gasteiger partial charge in [0.1, 0.15) is 5.75 Å². The first kappa shape index (κ1) is 20.9. The van der Waals surface area contributed by atoms with E-state index in [-0.39, 0.29) is 11.7 Å². The molecule has 0 saturated carbocycles. The van der Waals surface area contributed by atoms with Crippen LogP contribution in [0.15, 0.2) is 91.3 Å². The molecule has 1 atom stereocenters. The number of para-hydroxylation sites is 1. The molecule has 1 unspecified atom stereocenters. The smallest absolute Gasteiger partial charge is 0.172 e. The van der Waals surface area contributed by atoms with Gasteiger partial charge in [0, 0.05) is 41.5 Å². The standard InChI is InChI=1S/C30H28N2O2/c33-27-10-4-9-26-29(22-13-16-32(17-14-22)20-21-6-2-1-3-7-21)25-12-11-23(18-28(25)34-30(26)27)24-8-5-15-31-19-24/h1-12,15,18-19,22,29,33H,13-14,16-17,20H2. The van der Waals surface area contributed by atoms with Crippen LogP contribution < -0.4 is 4.74 Å². The lowest BCUT2D eigenvalue weighted by atomic mass is 9.74. The van der Waals surface area contributed by atoms with E-state index in [1.165, 1.54) is 11.1 Å². The molecule has 1 N–H and O–H groups in total. The fraction of sp³-hybridized carbons (Fsp3) is 0.233. The van der Waals surface area contributed by atoms with E-state index in [9.17, 15) is 5.11 Å². The highest BCUT2D eigenvalue weighted by Gasteiger charge is 2.36. The number of phenols is 1. The molecule has 6 rings (SSSR count). The van der Waals surface area contributed by atoms with Crippen LogP contribution in [0.3, 0.4) is 0 Å². The molecule has 0 radical (unpaired) electrons. The van der Waals surface area contributed by atoms with Gasteiger partial charge in [-0.3, -0.25) is 9.88 Å². The van der Waals surface area contributed by atoms with E-state index in [4.69, 9.17) is 4.74 Å². The highest BCUT2D eigenvalue weighted by Crippen LogP contribution is 2.53. The van der Waals surface area contributed by atoms with E-state index < -0.39 is 0 Å². The van der Waals surface area contributed by atoms with Crippen molar-refractivity contribution in [2.45, 2.75) is 25.3 Å². The quantitative estimate of drug-likeness (QED) is 0.382. The zero-order valence-electron chi connectivity index (χ0n) is 19.1. The number of rotatable bonds is 4. The van der Waals surface area contributed by atoms with Gasteiger partial charge in [0.05, 0.1) is 0 Å². The lowest BCUT2D eigenvalue weighted by molar-refractivity contribution is 0.166. The van der Waals surface area contributed by atoms with Gasteiger partial charge in [-0.15, -0.1) is 0 Å². The maximum Gasteiger partial charge on any atom is 0.172 e. The minimum atomic E-state index is 0.210. The summed E-state index contributed by atoms with van der Waals surface area (Å²) in [5.74, 6) is 2.37. The van der Waals surface area contributed by atoms with Crippen molar-refractivity contribution < 1.29 is 9.84 Å². The van der Waals surface area contributed by atoms with Crippen LogP contribution in [0.2, 0.25) is 0 Å². The topological polar surface area (TPSA) is 45.6 Å². The Morgan fingerprint density at radius 3 is 2.50 bits per heavy atom. The fourth-order valence-electron chi connectivity index (χ4n) is 5.56. The molecule has 3 aromatic carbocycles. The number of hydrogen-bond donors (Lipinski definition) is 1. The molecule has 1 saturated heterocycles. The first-order chi connectivity index (χ1) is 16.8. The molecular formula is C30H28N2O2. The Labute approximate surface area is 200 Å². The molecule has 3 heterocycles. The van der Waals surface area contributed by atoms with E-state index >= 15 is 0 Å². The number of likely N-dealkylation sites (tertiary alicyclic amines) is 1. The molecule has 34 heavy (non-hydrogen) atoms. The largest absolute Gasteiger partial charge is 0.504 e. The summed E-state index contributed by atoms with van der Waals surface area (Å²) < 4.78 is 6.31. The van der Waals surface area contributed by atoms with Crippen molar-refractivity contribution in [2.24, 2.45) is 5.92 Å². The summed E-state index contributed by atoms with van der Waals surface area (Å²) in [6, 6.07) is 27.0. The predicted molar refractivity (Wildman–Crippen MR) is 134 cm³/mol. The van der Waals surface area contributed by atoms with E-state index in [0.29, 0.717) is 11.7 Å². The van der Waals surface area contributed by atoms with Crippen molar-refractivity contribution in [1.29, 1.82) is 0 Å². The second kappa shape index (κ2) is 8.96. The Kier molecular flexibility index (Phi) is 5.52. The lowest BCUT2D eigenvalue weighted by Crippen LogP contribution is -2.36. The van der Waals surface area contributed by atoms with Crippen LogP contribution >= 0.6 is 0 Å². The maximum absolute atomic E-state index is 10.6. The van der Waals surface area contributed by atoms with Gasteiger partial charge in [0.15, 0.2) is 11.5 Å². The Bertz CT molecular complexity index is 1280. The number of benzene rings is 3. The molecule has 2 aliphatic rings. The predicted octanol–water partition coefficient (Wildman–Crippen LogP) is 6.60. The Morgan fingerprint density at radius 2 is 1.71 bits per heavy atom. The molecule has 4 nitrogen and oxygen atoms in total. The van der Waals surface area contributed by atoms with Gasteiger partial charge in [-0.2, -0.15) is 0 Å². The lowest BCUT2D eigenvalue weighted by Gasteiger charge is -2.39. The van der Waals surface area contributed by atoms with Gasteiger partial charge in [-0.1, -0.05) is 60.7 Å². The molecule has 0 amide bonds. The van der Waals surface area contributed by atoms with Crippen LogP contribution in [0.25, 0.3) is 11.1 Å². The number of aromatic nitrogens is 1. The molecular weight excluding hydrogens is 420 g/mol. The van der Waals surface area contributed by atoms with Crippen LogP contribution in [-0.2, 0) is 6.54 Å². The van der Waals surface area contributed by atoms with Crippen LogP contribution in [0, 0.1) is 5.92 Å². The molecule has 4 heteroatoms. The Hall–Kier alpha value is -3.63. The average molecular weight is 449 g/mol. The SMILES string of the molecule is Oc1cccc2c1Oc1cc(-c3cccnc3)ccc1C2C1CCN(Cc2ccccc2)CC1. The number of nitrogens with zero attached hydrogens (tertiary/aromatic N) is 2. The second-order valence-electron chi connectivity index (χ2n) is 9.37. The molecule has 1 fully saturated rings. The van der Waals surface area contributed by atoms with Crippen LogP contribution in [-0.4, -0.2) is 28.1 Å². The Balaban J connectivity index is 1.30. The van der Waals surface area contributed by atoms with E-state index in [1.807, 2.05) is 18.3 Å². The summed E-state index contributed by atoms with van der Waals surface area (Å²) in [6.07, 6.45) is 5.90. The second-order valence-corrected chi connectivity index (χ2v) is 9.37. The third-order valence-electron chi connectivity index (χ3n) is 7.27. The minimum absolute atomic E-state index is 0.210. The van der Waals surface area contributed by atoms with Crippen molar-refractivity contribution in [1.82, 2.24) is 9.88 Å². The molecule has 0 bridgehead atoms.